The lowest BCUT2D eigenvalue weighted by atomic mass is 10.3. The highest BCUT2D eigenvalue weighted by Crippen LogP contribution is 2.16. The monoisotopic (exact) mass is 337 g/mol. The zero-order chi connectivity index (χ0) is 16.8. The van der Waals surface area contributed by atoms with Crippen molar-refractivity contribution < 1.29 is 18.7 Å². The number of halogens is 2. The predicted molar refractivity (Wildman–Crippen MR) is 81.3 cm³/mol. The van der Waals surface area contributed by atoms with Crippen LogP contribution in [0.25, 0.3) is 0 Å². The highest BCUT2D eigenvalue weighted by atomic mass is 35.5. The van der Waals surface area contributed by atoms with Crippen LogP contribution in [0, 0.1) is 5.82 Å². The van der Waals surface area contributed by atoms with Gasteiger partial charge in [0.1, 0.15) is 5.15 Å². The molecule has 1 heterocycles. The van der Waals surface area contributed by atoms with Crippen molar-refractivity contribution in [1.29, 1.82) is 0 Å². The van der Waals surface area contributed by atoms with E-state index in [0.717, 1.165) is 0 Å². The molecular formula is C15H13ClFN3O3. The second-order valence-electron chi connectivity index (χ2n) is 4.50. The Morgan fingerprint density at radius 3 is 2.61 bits per heavy atom. The number of pyridine rings is 1. The quantitative estimate of drug-likeness (QED) is 0.661. The summed E-state index contributed by atoms with van der Waals surface area (Å²) in [5.74, 6) is -1.84. The fraction of sp³-hybridized carbons (Fsp3) is 0.133. The molecule has 0 fully saturated rings. The molecule has 0 bridgehead atoms. The van der Waals surface area contributed by atoms with Gasteiger partial charge in [-0.05, 0) is 31.2 Å². The van der Waals surface area contributed by atoms with Gasteiger partial charge in [0.05, 0.1) is 5.56 Å². The standard InChI is InChI=1S/C15H13ClFN3O3/c1-9(23-12-5-3-2-4-11(12)17)14(21)19-20-15(22)10-6-7-13(16)18-8-10/h2-9H,1H3,(H,19,21)(H,20,22)/t9-/m0/s1. The summed E-state index contributed by atoms with van der Waals surface area (Å²) in [6.45, 7) is 1.43. The number of nitrogens with one attached hydrogen (secondary N) is 2. The molecule has 0 aliphatic carbocycles. The smallest absolute Gasteiger partial charge is 0.279 e. The molecule has 0 aliphatic rings. The van der Waals surface area contributed by atoms with Gasteiger partial charge < -0.3 is 4.74 Å². The lowest BCUT2D eigenvalue weighted by Crippen LogP contribution is -2.47. The maximum Gasteiger partial charge on any atom is 0.279 e. The van der Waals surface area contributed by atoms with Crippen molar-refractivity contribution in [2.75, 3.05) is 0 Å². The van der Waals surface area contributed by atoms with Gasteiger partial charge in [-0.25, -0.2) is 9.37 Å². The van der Waals surface area contributed by atoms with Gasteiger partial charge in [-0.1, -0.05) is 23.7 Å². The molecule has 2 N–H and O–H groups in total. The van der Waals surface area contributed by atoms with Crippen LogP contribution in [0.4, 0.5) is 4.39 Å². The number of hydrazine groups is 1. The Balaban J connectivity index is 1.87. The normalized spacial score (nSPS) is 11.4. The van der Waals surface area contributed by atoms with Crippen LogP contribution >= 0.6 is 11.6 Å². The van der Waals surface area contributed by atoms with E-state index in [2.05, 4.69) is 15.8 Å². The van der Waals surface area contributed by atoms with Gasteiger partial charge >= 0.3 is 0 Å². The van der Waals surface area contributed by atoms with Crippen molar-refractivity contribution in [1.82, 2.24) is 15.8 Å². The van der Waals surface area contributed by atoms with Crippen molar-refractivity contribution >= 4 is 23.4 Å². The molecule has 0 saturated carbocycles. The third-order valence-corrected chi connectivity index (χ3v) is 3.02. The van der Waals surface area contributed by atoms with E-state index in [0.29, 0.717) is 0 Å². The highest BCUT2D eigenvalue weighted by Gasteiger charge is 2.17. The first-order valence-corrected chi connectivity index (χ1v) is 6.98. The van der Waals surface area contributed by atoms with Gasteiger partial charge in [0.15, 0.2) is 17.7 Å². The van der Waals surface area contributed by atoms with E-state index in [4.69, 9.17) is 16.3 Å². The van der Waals surface area contributed by atoms with Crippen molar-refractivity contribution in [3.8, 4) is 5.75 Å². The highest BCUT2D eigenvalue weighted by molar-refractivity contribution is 6.29. The van der Waals surface area contributed by atoms with Gasteiger partial charge in [0.25, 0.3) is 11.8 Å². The van der Waals surface area contributed by atoms with Crippen LogP contribution in [-0.4, -0.2) is 22.9 Å². The molecule has 23 heavy (non-hydrogen) atoms. The van der Waals surface area contributed by atoms with E-state index >= 15 is 0 Å². The second kappa shape index (κ2) is 7.55. The Hall–Kier alpha value is -2.67. The number of aromatic nitrogens is 1. The topological polar surface area (TPSA) is 80.3 Å². The van der Waals surface area contributed by atoms with Crippen molar-refractivity contribution in [2.24, 2.45) is 0 Å². The Labute approximate surface area is 136 Å². The predicted octanol–water partition coefficient (Wildman–Crippen LogP) is 2.10. The first-order valence-electron chi connectivity index (χ1n) is 6.60. The van der Waals surface area contributed by atoms with Crippen molar-refractivity contribution in [3.63, 3.8) is 0 Å². The lowest BCUT2D eigenvalue weighted by molar-refractivity contribution is -0.128. The van der Waals surface area contributed by atoms with E-state index in [1.807, 2.05) is 0 Å². The largest absolute Gasteiger partial charge is 0.478 e. The lowest BCUT2D eigenvalue weighted by Gasteiger charge is -2.15. The molecule has 0 unspecified atom stereocenters. The Morgan fingerprint density at radius 1 is 1.22 bits per heavy atom. The van der Waals surface area contributed by atoms with Crippen LogP contribution in [-0.2, 0) is 4.79 Å². The van der Waals surface area contributed by atoms with E-state index in [1.165, 1.54) is 43.5 Å². The molecule has 1 aromatic carbocycles. The van der Waals surface area contributed by atoms with Crippen LogP contribution < -0.4 is 15.6 Å². The number of ether oxygens (including phenoxy) is 1. The molecule has 0 aliphatic heterocycles. The molecule has 0 radical (unpaired) electrons. The Morgan fingerprint density at radius 2 is 1.96 bits per heavy atom. The number of hydrogen-bond donors (Lipinski definition) is 2. The SMILES string of the molecule is C[C@H](Oc1ccccc1F)C(=O)NNC(=O)c1ccc(Cl)nc1. The number of nitrogens with zero attached hydrogens (tertiary/aromatic N) is 1. The average Bonchev–Trinajstić information content (AvgIpc) is 2.55. The van der Waals surface area contributed by atoms with E-state index in [1.54, 1.807) is 6.07 Å². The fourth-order valence-corrected chi connectivity index (χ4v) is 1.70. The van der Waals surface area contributed by atoms with Gasteiger partial charge in [-0.2, -0.15) is 0 Å². The molecule has 2 amide bonds. The minimum atomic E-state index is -1.00. The molecule has 8 heteroatoms. The van der Waals surface area contributed by atoms with E-state index in [9.17, 15) is 14.0 Å². The molecule has 6 nitrogen and oxygen atoms in total. The van der Waals surface area contributed by atoms with Crippen LogP contribution in [0.5, 0.6) is 5.75 Å². The number of benzene rings is 1. The molecule has 1 atom stereocenters. The Kier molecular flexibility index (Phi) is 5.48. The summed E-state index contributed by atoms with van der Waals surface area (Å²) in [5.41, 5.74) is 4.61. The summed E-state index contributed by atoms with van der Waals surface area (Å²) in [7, 11) is 0. The van der Waals surface area contributed by atoms with Crippen molar-refractivity contribution in [2.45, 2.75) is 13.0 Å². The van der Waals surface area contributed by atoms with Gasteiger partial charge in [0, 0.05) is 6.20 Å². The summed E-state index contributed by atoms with van der Waals surface area (Å²) < 4.78 is 18.6. The number of hydrogen-bond acceptors (Lipinski definition) is 4. The minimum absolute atomic E-state index is 0.0524. The summed E-state index contributed by atoms with van der Waals surface area (Å²) >= 11 is 5.62. The van der Waals surface area contributed by atoms with Crippen molar-refractivity contribution in [3.05, 3.63) is 59.1 Å². The Bertz CT molecular complexity index is 709. The van der Waals surface area contributed by atoms with Gasteiger partial charge in [-0.15, -0.1) is 0 Å². The van der Waals surface area contributed by atoms with Crippen LogP contribution in [0.2, 0.25) is 5.15 Å². The second-order valence-corrected chi connectivity index (χ2v) is 4.89. The van der Waals surface area contributed by atoms with E-state index < -0.39 is 23.7 Å². The van der Waals surface area contributed by atoms with Gasteiger partial charge in [0.2, 0.25) is 0 Å². The van der Waals surface area contributed by atoms with Crippen LogP contribution in [0.3, 0.4) is 0 Å². The van der Waals surface area contributed by atoms with Crippen LogP contribution in [0.15, 0.2) is 42.6 Å². The number of para-hydroxylation sites is 1. The minimum Gasteiger partial charge on any atom is -0.478 e. The first-order chi connectivity index (χ1) is 11.0. The molecule has 2 aromatic rings. The maximum absolute atomic E-state index is 13.4. The van der Waals surface area contributed by atoms with Crippen LogP contribution in [0.1, 0.15) is 17.3 Å². The third-order valence-electron chi connectivity index (χ3n) is 2.80. The molecule has 0 saturated heterocycles. The fourth-order valence-electron chi connectivity index (χ4n) is 1.59. The molecule has 0 spiro atoms. The summed E-state index contributed by atoms with van der Waals surface area (Å²) in [5, 5.41) is 0.248. The summed E-state index contributed by atoms with van der Waals surface area (Å²) in [4.78, 5) is 27.4. The summed E-state index contributed by atoms with van der Waals surface area (Å²) in [6.07, 6.45) is 0.263. The number of rotatable bonds is 4. The number of carbonyl (C=O) groups excluding carboxylic acids is 2. The number of amides is 2. The first kappa shape index (κ1) is 16.7. The molecule has 120 valence electrons. The zero-order valence-electron chi connectivity index (χ0n) is 12.0. The third kappa shape index (κ3) is 4.65. The molecular weight excluding hydrogens is 325 g/mol. The van der Waals surface area contributed by atoms with E-state index in [-0.39, 0.29) is 16.5 Å². The molecule has 2 rings (SSSR count). The summed E-state index contributed by atoms with van der Waals surface area (Å²) in [6, 6.07) is 8.61. The number of carbonyl (C=O) groups is 2. The maximum atomic E-state index is 13.4. The van der Waals surface area contributed by atoms with Gasteiger partial charge in [-0.3, -0.25) is 20.4 Å². The zero-order valence-corrected chi connectivity index (χ0v) is 12.8. The average molecular weight is 338 g/mol. The molecule has 1 aromatic heterocycles.